The summed E-state index contributed by atoms with van der Waals surface area (Å²) in [5.41, 5.74) is 14.3. The first-order valence-corrected chi connectivity index (χ1v) is 10.0. The Balaban J connectivity index is 1.87. The molecule has 1 saturated heterocycles. The molecule has 6 nitrogen and oxygen atoms in total. The zero-order chi connectivity index (χ0) is 20.3. The summed E-state index contributed by atoms with van der Waals surface area (Å²) in [6, 6.07) is 8.20. The summed E-state index contributed by atoms with van der Waals surface area (Å²) in [7, 11) is 1.71. The van der Waals surface area contributed by atoms with E-state index in [1.807, 2.05) is 17.0 Å². The Morgan fingerprint density at radius 1 is 1.39 bits per heavy atom. The molecule has 1 atom stereocenters. The van der Waals surface area contributed by atoms with Crippen molar-refractivity contribution in [3.05, 3.63) is 58.7 Å². The second kappa shape index (κ2) is 8.61. The van der Waals surface area contributed by atoms with Gasteiger partial charge in [-0.05, 0) is 50.1 Å². The first-order valence-electron chi connectivity index (χ1n) is 9.63. The van der Waals surface area contributed by atoms with E-state index in [2.05, 4.69) is 28.9 Å². The molecule has 1 fully saturated rings. The van der Waals surface area contributed by atoms with Crippen molar-refractivity contribution >= 4 is 28.4 Å². The summed E-state index contributed by atoms with van der Waals surface area (Å²) >= 11 is 6.18. The van der Waals surface area contributed by atoms with Gasteiger partial charge >= 0.3 is 0 Å². The number of piperidine rings is 1. The van der Waals surface area contributed by atoms with E-state index < -0.39 is 0 Å². The van der Waals surface area contributed by atoms with Crippen LogP contribution in [0.1, 0.15) is 31.4 Å². The lowest BCUT2D eigenvalue weighted by atomic mass is 9.94. The Kier molecular flexibility index (Phi) is 6.19. The normalized spacial score (nSPS) is 18.5. The number of rotatable bonds is 5. The number of fused-ring (bicyclic) bond motifs is 1. The minimum atomic E-state index is -0.0902. The Morgan fingerprint density at radius 3 is 2.86 bits per heavy atom. The highest BCUT2D eigenvalue weighted by Crippen LogP contribution is 2.33. The first kappa shape index (κ1) is 20.1. The molecule has 3 rings (SSSR count). The fourth-order valence-electron chi connectivity index (χ4n) is 3.96. The lowest BCUT2D eigenvalue weighted by Gasteiger charge is -2.33. The fraction of sp³-hybridized carbons (Fsp3) is 0.381. The highest BCUT2D eigenvalue weighted by atomic mass is 35.5. The number of hydrogen-bond acceptors (Lipinski definition) is 4. The summed E-state index contributed by atoms with van der Waals surface area (Å²) in [6.45, 7) is 4.40. The lowest BCUT2D eigenvalue weighted by molar-refractivity contribution is -0.128. The summed E-state index contributed by atoms with van der Waals surface area (Å²) in [6.07, 6.45) is 4.90. The molecule has 1 aliphatic heterocycles. The Morgan fingerprint density at radius 2 is 2.18 bits per heavy atom. The van der Waals surface area contributed by atoms with Crippen molar-refractivity contribution in [3.63, 3.8) is 0 Å². The fourth-order valence-corrected chi connectivity index (χ4v) is 4.14. The summed E-state index contributed by atoms with van der Waals surface area (Å²) < 4.78 is 2.32. The number of nitrogens with two attached hydrogens (primary N) is 2. The van der Waals surface area contributed by atoms with Gasteiger partial charge in [-0.1, -0.05) is 11.6 Å². The van der Waals surface area contributed by atoms with Crippen molar-refractivity contribution < 1.29 is 4.79 Å². The molecule has 2 heterocycles. The second-order valence-electron chi connectivity index (χ2n) is 7.08. The molecule has 0 aliphatic carbocycles. The van der Waals surface area contributed by atoms with Gasteiger partial charge in [0.25, 0.3) is 5.91 Å². The number of amides is 1. The van der Waals surface area contributed by atoms with Gasteiger partial charge in [0.15, 0.2) is 0 Å². The molecule has 1 aromatic heterocycles. The van der Waals surface area contributed by atoms with Crippen molar-refractivity contribution in [3.8, 4) is 0 Å². The molecule has 0 radical (unpaired) electrons. The maximum atomic E-state index is 13.0. The van der Waals surface area contributed by atoms with Crippen LogP contribution in [0.15, 0.2) is 47.9 Å². The summed E-state index contributed by atoms with van der Waals surface area (Å²) in [5.74, 6) is 0.586. The quantitative estimate of drug-likeness (QED) is 0.530. The predicted molar refractivity (Wildman–Crippen MR) is 115 cm³/mol. The number of aromatic nitrogens is 1. The third-order valence-electron chi connectivity index (χ3n) is 5.36. The van der Waals surface area contributed by atoms with E-state index in [4.69, 9.17) is 23.1 Å². The number of likely N-dealkylation sites (tertiary alicyclic amines) is 1. The van der Waals surface area contributed by atoms with Crippen LogP contribution in [0, 0.1) is 0 Å². The van der Waals surface area contributed by atoms with Crippen molar-refractivity contribution in [1.29, 1.82) is 0 Å². The minimum Gasteiger partial charge on any atom is -0.404 e. The van der Waals surface area contributed by atoms with E-state index in [0.29, 0.717) is 17.9 Å². The molecular formula is C21H28ClN5O. The van der Waals surface area contributed by atoms with Crippen LogP contribution < -0.4 is 16.8 Å². The third kappa shape index (κ3) is 3.97. The van der Waals surface area contributed by atoms with Gasteiger partial charge < -0.3 is 26.3 Å². The van der Waals surface area contributed by atoms with E-state index in [1.165, 1.54) is 17.4 Å². The first-order chi connectivity index (χ1) is 13.5. The van der Waals surface area contributed by atoms with Crippen LogP contribution in [0.5, 0.6) is 0 Å². The van der Waals surface area contributed by atoms with Crippen molar-refractivity contribution in [2.45, 2.75) is 32.2 Å². The van der Waals surface area contributed by atoms with E-state index in [-0.39, 0.29) is 11.8 Å². The van der Waals surface area contributed by atoms with Crippen LogP contribution in [0.3, 0.4) is 0 Å². The van der Waals surface area contributed by atoms with Gasteiger partial charge in [0.05, 0.1) is 11.4 Å². The number of nitrogens with zero attached hydrogens (tertiary/aromatic N) is 2. The predicted octanol–water partition coefficient (Wildman–Crippen LogP) is 2.88. The molecule has 1 amide bonds. The molecule has 0 spiro atoms. The number of hydrogen-bond donors (Lipinski definition) is 3. The molecule has 0 bridgehead atoms. The van der Waals surface area contributed by atoms with Crippen LogP contribution in [0.2, 0.25) is 5.02 Å². The smallest absolute Gasteiger partial charge is 0.255 e. The third-order valence-corrected chi connectivity index (χ3v) is 5.60. The van der Waals surface area contributed by atoms with Gasteiger partial charge in [-0.25, -0.2) is 0 Å². The van der Waals surface area contributed by atoms with Crippen molar-refractivity contribution in [2.24, 2.45) is 11.5 Å². The van der Waals surface area contributed by atoms with Gasteiger partial charge in [-0.3, -0.25) is 4.79 Å². The van der Waals surface area contributed by atoms with Crippen LogP contribution in [-0.4, -0.2) is 35.5 Å². The maximum absolute atomic E-state index is 13.0. The van der Waals surface area contributed by atoms with E-state index >= 15 is 0 Å². The van der Waals surface area contributed by atoms with Crippen LogP contribution >= 0.6 is 11.6 Å². The molecule has 7 heteroatoms. The Hall–Kier alpha value is -2.60. The number of halogens is 1. The highest BCUT2D eigenvalue weighted by molar-refractivity contribution is 6.31. The molecule has 28 heavy (non-hydrogen) atoms. The number of carbonyl (C=O) groups is 1. The highest BCUT2D eigenvalue weighted by Gasteiger charge is 2.28. The van der Waals surface area contributed by atoms with Gasteiger partial charge in [0.2, 0.25) is 0 Å². The molecule has 0 saturated carbocycles. The molecule has 1 unspecified atom stereocenters. The zero-order valence-corrected chi connectivity index (χ0v) is 17.2. The van der Waals surface area contributed by atoms with Gasteiger partial charge in [0, 0.05) is 60.4 Å². The average molecular weight is 402 g/mol. The van der Waals surface area contributed by atoms with Gasteiger partial charge in [0.1, 0.15) is 0 Å². The molecular weight excluding hydrogens is 374 g/mol. The average Bonchev–Trinajstić information content (AvgIpc) is 3.08. The molecule has 150 valence electrons. The SMILES string of the molecule is CCn1c(C2CCCN(C(=O)C(/C=C(\N)NC)=C/N)C2)cc2cc(Cl)ccc21. The van der Waals surface area contributed by atoms with E-state index in [1.54, 1.807) is 13.1 Å². The summed E-state index contributed by atoms with van der Waals surface area (Å²) in [4.78, 5) is 14.8. The lowest BCUT2D eigenvalue weighted by Crippen LogP contribution is -2.40. The Labute approximate surface area is 170 Å². The molecule has 2 aromatic rings. The van der Waals surface area contributed by atoms with E-state index in [0.717, 1.165) is 36.3 Å². The van der Waals surface area contributed by atoms with Crippen LogP contribution in [0.4, 0.5) is 0 Å². The number of nitrogens with one attached hydrogen (secondary N) is 1. The second-order valence-corrected chi connectivity index (χ2v) is 7.52. The zero-order valence-electron chi connectivity index (χ0n) is 16.4. The van der Waals surface area contributed by atoms with Crippen molar-refractivity contribution in [1.82, 2.24) is 14.8 Å². The monoisotopic (exact) mass is 401 g/mol. The van der Waals surface area contributed by atoms with E-state index in [9.17, 15) is 4.79 Å². The summed E-state index contributed by atoms with van der Waals surface area (Å²) in [5, 5.41) is 4.69. The Bertz CT molecular complexity index is 930. The number of carbonyl (C=O) groups excluding carboxylic acids is 1. The number of benzene rings is 1. The standard InChI is InChI=1S/C21H28ClN5O/c1-3-27-18-7-6-17(22)9-15(18)10-19(27)14-5-4-8-26(13-14)21(28)16(12-23)11-20(24)25-2/h6-7,9-12,14,25H,3-5,8,13,23-24H2,1-2H3/b16-12+,20-11+. The number of aryl methyl sites for hydroxylation is 1. The van der Waals surface area contributed by atoms with Gasteiger partial charge in [-0.15, -0.1) is 0 Å². The largest absolute Gasteiger partial charge is 0.404 e. The van der Waals surface area contributed by atoms with Crippen LogP contribution in [-0.2, 0) is 11.3 Å². The molecule has 1 aromatic carbocycles. The molecule has 5 N–H and O–H groups in total. The van der Waals surface area contributed by atoms with Crippen molar-refractivity contribution in [2.75, 3.05) is 20.1 Å². The minimum absolute atomic E-state index is 0.0902. The maximum Gasteiger partial charge on any atom is 0.255 e. The van der Waals surface area contributed by atoms with Gasteiger partial charge in [-0.2, -0.15) is 0 Å². The van der Waals surface area contributed by atoms with Crippen LogP contribution in [0.25, 0.3) is 10.9 Å². The topological polar surface area (TPSA) is 89.3 Å². The molecule has 1 aliphatic rings.